The molecule has 4 nitrogen and oxygen atoms in total. The Balaban J connectivity index is 1.80. The molecule has 0 unspecified atom stereocenters. The summed E-state index contributed by atoms with van der Waals surface area (Å²) in [6, 6.07) is 15.9. The molecule has 1 atom stereocenters. The van der Waals surface area contributed by atoms with Crippen LogP contribution in [0.4, 0.5) is 13.2 Å². The summed E-state index contributed by atoms with van der Waals surface area (Å²) in [6.45, 7) is 1.90. The number of hydrogen-bond acceptors (Lipinski definition) is 4. The Morgan fingerprint density at radius 3 is 2.39 bits per heavy atom. The molecule has 0 fully saturated rings. The molecule has 1 amide bonds. The Labute approximate surface area is 164 Å². The molecule has 1 heterocycles. The van der Waals surface area contributed by atoms with Crippen LogP contribution in [0.15, 0.2) is 59.6 Å². The molecule has 2 aromatic carbocycles. The van der Waals surface area contributed by atoms with Gasteiger partial charge in [0.25, 0.3) is 0 Å². The molecule has 146 valence electrons. The van der Waals surface area contributed by atoms with E-state index in [9.17, 15) is 18.0 Å². The van der Waals surface area contributed by atoms with Crippen molar-refractivity contribution in [2.75, 3.05) is 12.8 Å². The van der Waals surface area contributed by atoms with Crippen LogP contribution in [0.25, 0.3) is 10.9 Å². The minimum absolute atomic E-state index is 0.0218. The fourth-order valence-electron chi connectivity index (χ4n) is 2.69. The fraction of sp³-hybridized carbons (Fsp3) is 0.250. The molecule has 0 N–H and O–H groups in total. The molecule has 3 rings (SSSR count). The number of rotatable bonds is 5. The molecular weight excluding hydrogens is 387 g/mol. The largest absolute Gasteiger partial charge is 0.451 e. The van der Waals surface area contributed by atoms with E-state index in [0.717, 1.165) is 17.3 Å². The van der Waals surface area contributed by atoms with Crippen molar-refractivity contribution in [2.45, 2.75) is 24.2 Å². The predicted molar refractivity (Wildman–Crippen MR) is 103 cm³/mol. The SMILES string of the molecule is C[C@@H](c1ccccc1)N(C)C(=O)CSc1nc(C(F)(F)F)nc2ccccc12. The Hall–Kier alpha value is -2.61. The van der Waals surface area contributed by atoms with Crippen molar-refractivity contribution < 1.29 is 18.0 Å². The summed E-state index contributed by atoms with van der Waals surface area (Å²) in [4.78, 5) is 21.4. The van der Waals surface area contributed by atoms with E-state index in [2.05, 4.69) is 9.97 Å². The van der Waals surface area contributed by atoms with Crippen molar-refractivity contribution in [3.8, 4) is 0 Å². The van der Waals surface area contributed by atoms with Crippen molar-refractivity contribution in [3.05, 3.63) is 66.0 Å². The Bertz CT molecular complexity index is 979. The van der Waals surface area contributed by atoms with Crippen LogP contribution in [0, 0.1) is 0 Å². The number of hydrogen-bond donors (Lipinski definition) is 0. The van der Waals surface area contributed by atoms with Crippen molar-refractivity contribution in [1.82, 2.24) is 14.9 Å². The summed E-state index contributed by atoms with van der Waals surface area (Å²) in [6.07, 6.45) is -4.65. The van der Waals surface area contributed by atoms with Crippen LogP contribution in [-0.4, -0.2) is 33.6 Å². The third-order valence-electron chi connectivity index (χ3n) is 4.41. The Kier molecular flexibility index (Phi) is 5.88. The highest BCUT2D eigenvalue weighted by molar-refractivity contribution is 8.00. The van der Waals surface area contributed by atoms with Gasteiger partial charge in [0.1, 0.15) is 5.03 Å². The lowest BCUT2D eigenvalue weighted by atomic mass is 10.1. The van der Waals surface area contributed by atoms with Gasteiger partial charge in [0.2, 0.25) is 11.7 Å². The molecule has 0 aliphatic heterocycles. The van der Waals surface area contributed by atoms with Gasteiger partial charge in [-0.3, -0.25) is 4.79 Å². The zero-order valence-electron chi connectivity index (χ0n) is 15.3. The number of halogens is 3. The van der Waals surface area contributed by atoms with Gasteiger partial charge in [-0.1, -0.05) is 60.3 Å². The number of thioether (sulfide) groups is 1. The number of aromatic nitrogens is 2. The van der Waals surface area contributed by atoms with Gasteiger partial charge in [0, 0.05) is 12.4 Å². The number of amides is 1. The highest BCUT2D eigenvalue weighted by Gasteiger charge is 2.35. The third kappa shape index (κ3) is 4.44. The Morgan fingerprint density at radius 2 is 1.71 bits per heavy atom. The first-order chi connectivity index (χ1) is 13.3. The van der Waals surface area contributed by atoms with E-state index in [1.54, 1.807) is 30.1 Å². The first-order valence-corrected chi connectivity index (χ1v) is 9.53. The molecule has 0 saturated carbocycles. The van der Waals surface area contributed by atoms with Crippen molar-refractivity contribution in [1.29, 1.82) is 0 Å². The van der Waals surface area contributed by atoms with E-state index in [0.29, 0.717) is 5.39 Å². The smallest absolute Gasteiger partial charge is 0.338 e. The van der Waals surface area contributed by atoms with Crippen LogP contribution in [0.3, 0.4) is 0 Å². The summed E-state index contributed by atoms with van der Waals surface area (Å²) in [5.74, 6) is -1.42. The second-order valence-electron chi connectivity index (χ2n) is 6.25. The van der Waals surface area contributed by atoms with Crippen molar-refractivity contribution in [3.63, 3.8) is 0 Å². The molecular formula is C20H18F3N3OS. The lowest BCUT2D eigenvalue weighted by Gasteiger charge is -2.25. The lowest BCUT2D eigenvalue weighted by molar-refractivity contribution is -0.145. The van der Waals surface area contributed by atoms with E-state index in [-0.39, 0.29) is 28.2 Å². The first-order valence-electron chi connectivity index (χ1n) is 8.54. The topological polar surface area (TPSA) is 46.1 Å². The number of benzene rings is 2. The molecule has 0 saturated heterocycles. The minimum Gasteiger partial charge on any atom is -0.338 e. The fourth-order valence-corrected chi connectivity index (χ4v) is 3.63. The minimum atomic E-state index is -4.65. The van der Waals surface area contributed by atoms with Crippen LogP contribution >= 0.6 is 11.8 Å². The second kappa shape index (κ2) is 8.18. The third-order valence-corrected chi connectivity index (χ3v) is 5.39. The van der Waals surface area contributed by atoms with E-state index in [4.69, 9.17) is 0 Å². The van der Waals surface area contributed by atoms with E-state index >= 15 is 0 Å². The van der Waals surface area contributed by atoms with E-state index in [1.165, 1.54) is 6.07 Å². The molecule has 28 heavy (non-hydrogen) atoms. The molecule has 1 aromatic heterocycles. The number of alkyl halides is 3. The molecule has 8 heteroatoms. The van der Waals surface area contributed by atoms with Crippen LogP contribution in [-0.2, 0) is 11.0 Å². The maximum absolute atomic E-state index is 13.1. The number of carbonyl (C=O) groups excluding carboxylic acids is 1. The maximum atomic E-state index is 13.1. The highest BCUT2D eigenvalue weighted by Crippen LogP contribution is 2.32. The number of carbonyl (C=O) groups is 1. The van der Waals surface area contributed by atoms with Crippen LogP contribution in [0.1, 0.15) is 24.4 Å². The Morgan fingerprint density at radius 1 is 1.07 bits per heavy atom. The summed E-state index contributed by atoms with van der Waals surface area (Å²) in [5, 5.41) is 0.638. The van der Waals surface area contributed by atoms with Gasteiger partial charge in [0.15, 0.2) is 0 Å². The van der Waals surface area contributed by atoms with Gasteiger partial charge < -0.3 is 4.90 Å². The van der Waals surface area contributed by atoms with E-state index < -0.39 is 12.0 Å². The van der Waals surface area contributed by atoms with E-state index in [1.807, 2.05) is 37.3 Å². The average molecular weight is 405 g/mol. The normalized spacial score (nSPS) is 12.8. The highest BCUT2D eigenvalue weighted by atomic mass is 32.2. The quantitative estimate of drug-likeness (QED) is 0.445. The van der Waals surface area contributed by atoms with Gasteiger partial charge >= 0.3 is 6.18 Å². The molecule has 3 aromatic rings. The average Bonchev–Trinajstić information content (AvgIpc) is 2.70. The zero-order chi connectivity index (χ0) is 20.3. The standard InChI is InChI=1S/C20H18F3N3OS/c1-13(14-8-4-3-5-9-14)26(2)17(27)12-28-18-15-10-6-7-11-16(15)24-19(25-18)20(21,22)23/h3-11,13H,12H2,1-2H3/t13-/m0/s1. The maximum Gasteiger partial charge on any atom is 0.451 e. The van der Waals surface area contributed by atoms with Crippen LogP contribution in [0.5, 0.6) is 0 Å². The molecule has 0 bridgehead atoms. The zero-order valence-corrected chi connectivity index (χ0v) is 16.1. The molecule has 0 radical (unpaired) electrons. The molecule has 0 spiro atoms. The van der Waals surface area contributed by atoms with Crippen molar-refractivity contribution in [2.24, 2.45) is 0 Å². The number of para-hydroxylation sites is 1. The summed E-state index contributed by atoms with van der Waals surface area (Å²) < 4.78 is 39.3. The van der Waals surface area contributed by atoms with Gasteiger partial charge in [0.05, 0.1) is 17.3 Å². The van der Waals surface area contributed by atoms with Crippen LogP contribution < -0.4 is 0 Å². The van der Waals surface area contributed by atoms with Crippen LogP contribution in [0.2, 0.25) is 0 Å². The van der Waals surface area contributed by atoms with Crippen molar-refractivity contribution >= 4 is 28.6 Å². The summed E-state index contributed by atoms with van der Waals surface area (Å²) >= 11 is 0.987. The predicted octanol–water partition coefficient (Wildman–Crippen LogP) is 4.96. The van der Waals surface area contributed by atoms with Gasteiger partial charge in [-0.25, -0.2) is 9.97 Å². The van der Waals surface area contributed by atoms with Gasteiger partial charge in [-0.2, -0.15) is 13.2 Å². The van der Waals surface area contributed by atoms with Gasteiger partial charge in [-0.05, 0) is 18.6 Å². The number of nitrogens with zero attached hydrogens (tertiary/aromatic N) is 3. The number of fused-ring (bicyclic) bond motifs is 1. The summed E-state index contributed by atoms with van der Waals surface area (Å²) in [5.41, 5.74) is 1.18. The lowest BCUT2D eigenvalue weighted by Crippen LogP contribution is -2.31. The molecule has 0 aliphatic carbocycles. The second-order valence-corrected chi connectivity index (χ2v) is 7.21. The van der Waals surface area contributed by atoms with Gasteiger partial charge in [-0.15, -0.1) is 0 Å². The first kappa shape index (κ1) is 20.1. The summed E-state index contributed by atoms with van der Waals surface area (Å²) in [7, 11) is 1.68. The molecule has 0 aliphatic rings. The monoisotopic (exact) mass is 405 g/mol.